The Morgan fingerprint density at radius 1 is 1.14 bits per heavy atom. The zero-order chi connectivity index (χ0) is 21.2. The molecule has 0 radical (unpaired) electrons. The maximum absolute atomic E-state index is 12.4. The summed E-state index contributed by atoms with van der Waals surface area (Å²) in [5.74, 6) is -1.17. The summed E-state index contributed by atoms with van der Waals surface area (Å²) in [5, 5.41) is 2.65. The molecule has 0 bridgehead atoms. The molecule has 154 valence electrons. The van der Waals surface area contributed by atoms with Crippen LogP contribution in [-0.4, -0.2) is 31.7 Å². The van der Waals surface area contributed by atoms with Gasteiger partial charge in [0, 0.05) is 11.8 Å². The molecule has 2 rings (SSSR count). The van der Waals surface area contributed by atoms with Crippen molar-refractivity contribution >= 4 is 23.6 Å². The molecular weight excluding hydrogens is 384 g/mol. The van der Waals surface area contributed by atoms with Crippen molar-refractivity contribution in [1.82, 2.24) is 0 Å². The Labute approximate surface area is 167 Å². The lowest BCUT2D eigenvalue weighted by atomic mass is 10.2. The summed E-state index contributed by atoms with van der Waals surface area (Å²) >= 11 is 0. The number of carbonyl (C=O) groups excluding carboxylic acids is 2. The van der Waals surface area contributed by atoms with Crippen molar-refractivity contribution in [2.75, 3.05) is 18.5 Å². The monoisotopic (exact) mass is 405 g/mol. The van der Waals surface area contributed by atoms with Crippen molar-refractivity contribution < 1.29 is 32.6 Å². The molecule has 0 heterocycles. The number of hydrogen-bond donors (Lipinski definition) is 1. The average Bonchev–Trinajstić information content (AvgIpc) is 2.68. The van der Waals surface area contributed by atoms with Gasteiger partial charge in [-0.2, -0.15) is 8.78 Å². The van der Waals surface area contributed by atoms with Crippen molar-refractivity contribution in [3.8, 4) is 11.5 Å². The number of nitrogens with one attached hydrogen (secondary N) is 1. The van der Waals surface area contributed by atoms with E-state index in [0.29, 0.717) is 11.3 Å². The van der Waals surface area contributed by atoms with Gasteiger partial charge in [-0.3, -0.25) is 4.79 Å². The van der Waals surface area contributed by atoms with Gasteiger partial charge in [0.2, 0.25) is 0 Å². The van der Waals surface area contributed by atoms with E-state index in [-0.39, 0.29) is 18.1 Å². The molecule has 0 aromatic heterocycles. The second kappa shape index (κ2) is 10.8. The highest BCUT2D eigenvalue weighted by atomic mass is 19.3. The van der Waals surface area contributed by atoms with Crippen LogP contribution in [-0.2, 0) is 14.3 Å². The first kappa shape index (κ1) is 21.9. The Balaban J connectivity index is 1.91. The number of alkyl halides is 2. The number of para-hydroxylation sites is 1. The van der Waals surface area contributed by atoms with Crippen LogP contribution in [0.15, 0.2) is 48.5 Å². The maximum atomic E-state index is 12.4. The Bertz CT molecular complexity index is 883. The number of benzene rings is 2. The summed E-state index contributed by atoms with van der Waals surface area (Å²) in [5.41, 5.74) is 2.03. The second-order valence-electron chi connectivity index (χ2n) is 5.82. The summed E-state index contributed by atoms with van der Waals surface area (Å²) in [7, 11) is 0. The molecule has 0 fully saturated rings. The zero-order valence-electron chi connectivity index (χ0n) is 16.0. The molecule has 0 aliphatic rings. The van der Waals surface area contributed by atoms with Gasteiger partial charge in [-0.25, -0.2) is 4.79 Å². The first-order valence-corrected chi connectivity index (χ1v) is 8.81. The summed E-state index contributed by atoms with van der Waals surface area (Å²) < 4.78 is 39.4. The van der Waals surface area contributed by atoms with Gasteiger partial charge in [0.1, 0.15) is 0 Å². The molecule has 2 aromatic carbocycles. The van der Waals surface area contributed by atoms with Gasteiger partial charge in [0.05, 0.1) is 6.61 Å². The van der Waals surface area contributed by atoms with Gasteiger partial charge in [-0.15, -0.1) is 0 Å². The second-order valence-corrected chi connectivity index (χ2v) is 5.82. The van der Waals surface area contributed by atoms with Gasteiger partial charge < -0.3 is 19.5 Å². The van der Waals surface area contributed by atoms with Crippen molar-refractivity contribution in [2.24, 2.45) is 0 Å². The number of hydrogen-bond acceptors (Lipinski definition) is 5. The Morgan fingerprint density at radius 3 is 2.59 bits per heavy atom. The predicted molar refractivity (Wildman–Crippen MR) is 104 cm³/mol. The molecule has 0 saturated carbocycles. The first-order chi connectivity index (χ1) is 13.9. The number of ether oxygens (including phenoxy) is 3. The molecule has 0 spiro atoms. The van der Waals surface area contributed by atoms with Crippen LogP contribution in [0.3, 0.4) is 0 Å². The highest BCUT2D eigenvalue weighted by molar-refractivity contribution is 5.95. The number of amides is 1. The predicted octanol–water partition coefficient (Wildman–Crippen LogP) is 4.19. The van der Waals surface area contributed by atoms with Gasteiger partial charge >= 0.3 is 12.6 Å². The lowest BCUT2D eigenvalue weighted by Crippen LogP contribution is -2.20. The van der Waals surface area contributed by atoms with Gasteiger partial charge in [0.15, 0.2) is 18.1 Å². The van der Waals surface area contributed by atoms with Gasteiger partial charge in [0.25, 0.3) is 5.91 Å². The van der Waals surface area contributed by atoms with Crippen molar-refractivity contribution in [3.05, 3.63) is 59.7 Å². The highest BCUT2D eigenvalue weighted by Crippen LogP contribution is 2.30. The minimum Gasteiger partial charge on any atom is -0.490 e. The minimum atomic E-state index is -2.98. The van der Waals surface area contributed by atoms with Crippen LogP contribution >= 0.6 is 0 Å². The largest absolute Gasteiger partial charge is 0.490 e. The number of aryl methyl sites for hydroxylation is 1. The number of rotatable bonds is 9. The zero-order valence-corrected chi connectivity index (χ0v) is 16.0. The molecule has 0 aliphatic carbocycles. The molecule has 0 saturated heterocycles. The molecule has 0 unspecified atom stereocenters. The third-order valence-electron chi connectivity index (χ3n) is 3.66. The van der Waals surface area contributed by atoms with Crippen LogP contribution in [0.4, 0.5) is 14.5 Å². The summed E-state index contributed by atoms with van der Waals surface area (Å²) in [6.45, 7) is 0.386. The fraction of sp³-hybridized carbons (Fsp3) is 0.238. The molecule has 0 aliphatic heterocycles. The number of halogens is 2. The summed E-state index contributed by atoms with van der Waals surface area (Å²) in [4.78, 5) is 23.7. The fourth-order valence-corrected chi connectivity index (χ4v) is 2.34. The normalized spacial score (nSPS) is 10.8. The van der Waals surface area contributed by atoms with E-state index in [1.54, 1.807) is 19.1 Å². The maximum Gasteiger partial charge on any atom is 0.387 e. The Morgan fingerprint density at radius 2 is 1.90 bits per heavy atom. The Kier molecular flexibility index (Phi) is 8.14. The van der Waals surface area contributed by atoms with Crippen LogP contribution in [0.25, 0.3) is 6.08 Å². The minimum absolute atomic E-state index is 0.102. The molecule has 8 heteroatoms. The van der Waals surface area contributed by atoms with Crippen molar-refractivity contribution in [1.29, 1.82) is 0 Å². The summed E-state index contributed by atoms with van der Waals surface area (Å²) in [6, 6.07) is 11.5. The average molecular weight is 405 g/mol. The van der Waals surface area contributed by atoms with Crippen molar-refractivity contribution in [2.45, 2.75) is 20.5 Å². The standard InChI is InChI=1S/C21H21F2NO5/c1-3-27-18-12-15(8-10-17(18)29-21(22)23)9-11-20(26)28-13-19(25)24-16-7-5-4-6-14(16)2/h4-12,21H,3,13H2,1-2H3,(H,24,25)/b11-9+. The van der Waals surface area contributed by atoms with Crippen LogP contribution < -0.4 is 14.8 Å². The van der Waals surface area contributed by atoms with Crippen LogP contribution in [0.2, 0.25) is 0 Å². The smallest absolute Gasteiger partial charge is 0.387 e. The highest BCUT2D eigenvalue weighted by Gasteiger charge is 2.11. The van der Waals surface area contributed by atoms with E-state index in [4.69, 9.17) is 9.47 Å². The van der Waals surface area contributed by atoms with E-state index in [1.807, 2.05) is 19.1 Å². The van der Waals surface area contributed by atoms with E-state index < -0.39 is 25.1 Å². The lowest BCUT2D eigenvalue weighted by Gasteiger charge is -2.11. The Hall–Kier alpha value is -3.42. The van der Waals surface area contributed by atoms with Gasteiger partial charge in [-0.05, 0) is 49.2 Å². The SMILES string of the molecule is CCOc1cc(/C=C/C(=O)OCC(=O)Nc2ccccc2C)ccc1OC(F)F. The van der Waals surface area contributed by atoms with E-state index in [9.17, 15) is 18.4 Å². The number of carbonyl (C=O) groups is 2. The molecule has 2 aromatic rings. The number of anilines is 1. The van der Waals surface area contributed by atoms with Crippen molar-refractivity contribution in [3.63, 3.8) is 0 Å². The quantitative estimate of drug-likeness (QED) is 0.500. The van der Waals surface area contributed by atoms with Gasteiger partial charge in [-0.1, -0.05) is 24.3 Å². The third-order valence-corrected chi connectivity index (χ3v) is 3.66. The topological polar surface area (TPSA) is 73.9 Å². The number of esters is 1. The first-order valence-electron chi connectivity index (χ1n) is 8.81. The molecule has 0 atom stereocenters. The van der Waals surface area contributed by atoms with E-state index >= 15 is 0 Å². The van der Waals surface area contributed by atoms with Crippen LogP contribution in [0, 0.1) is 6.92 Å². The molecule has 29 heavy (non-hydrogen) atoms. The van der Waals surface area contributed by atoms with E-state index in [2.05, 4.69) is 10.1 Å². The molecule has 6 nitrogen and oxygen atoms in total. The lowest BCUT2D eigenvalue weighted by molar-refractivity contribution is -0.142. The van der Waals surface area contributed by atoms with Crippen LogP contribution in [0.1, 0.15) is 18.1 Å². The summed E-state index contributed by atoms with van der Waals surface area (Å²) in [6.07, 6.45) is 2.54. The molecular formula is C21H21F2NO5. The molecule has 1 N–H and O–H groups in total. The third kappa shape index (κ3) is 7.25. The van der Waals surface area contributed by atoms with E-state index in [0.717, 1.165) is 11.6 Å². The molecule has 1 amide bonds. The van der Waals surface area contributed by atoms with Crippen LogP contribution in [0.5, 0.6) is 11.5 Å². The van der Waals surface area contributed by atoms with E-state index in [1.165, 1.54) is 24.3 Å². The fourth-order valence-electron chi connectivity index (χ4n) is 2.34.